The molecule has 1 atom stereocenters. The Bertz CT molecular complexity index is 619. The Morgan fingerprint density at radius 3 is 2.57 bits per heavy atom. The Balaban J connectivity index is 1.90. The molecule has 5 heteroatoms. The summed E-state index contributed by atoms with van der Waals surface area (Å²) in [5.41, 5.74) is 1.11. The third kappa shape index (κ3) is 4.56. The Labute approximate surface area is 126 Å². The van der Waals surface area contributed by atoms with Gasteiger partial charge in [-0.15, -0.1) is 11.8 Å². The second kappa shape index (κ2) is 7.22. The topological polar surface area (TPSA) is 29.1 Å². The number of hydrogen-bond acceptors (Lipinski definition) is 2. The normalized spacial score (nSPS) is 12.0. The first-order valence-corrected chi connectivity index (χ1v) is 7.52. The van der Waals surface area contributed by atoms with E-state index in [0.29, 0.717) is 5.75 Å². The molecular formula is C16H15F2NOS. The van der Waals surface area contributed by atoms with E-state index >= 15 is 0 Å². The summed E-state index contributed by atoms with van der Waals surface area (Å²) < 4.78 is 26.3. The van der Waals surface area contributed by atoms with Crippen LogP contribution in [0.25, 0.3) is 0 Å². The summed E-state index contributed by atoms with van der Waals surface area (Å²) in [5.74, 6) is -1.05. The number of carbonyl (C=O) groups excluding carboxylic acids is 1. The van der Waals surface area contributed by atoms with E-state index in [1.807, 2.05) is 30.3 Å². The minimum atomic E-state index is -0.774. The number of benzene rings is 2. The van der Waals surface area contributed by atoms with Crippen molar-refractivity contribution in [1.29, 1.82) is 0 Å². The van der Waals surface area contributed by atoms with Crippen molar-refractivity contribution in [1.82, 2.24) is 0 Å². The molecule has 2 aromatic rings. The molecule has 0 bridgehead atoms. The van der Waals surface area contributed by atoms with Crippen LogP contribution in [0.4, 0.5) is 14.5 Å². The van der Waals surface area contributed by atoms with Gasteiger partial charge in [0.05, 0.1) is 10.9 Å². The van der Waals surface area contributed by atoms with Gasteiger partial charge in [0.15, 0.2) is 0 Å². The van der Waals surface area contributed by atoms with Crippen LogP contribution in [0.3, 0.4) is 0 Å². The lowest BCUT2D eigenvalue weighted by Crippen LogP contribution is -2.23. The summed E-state index contributed by atoms with van der Waals surface area (Å²) in [6.45, 7) is 1.75. The van der Waals surface area contributed by atoms with E-state index in [1.54, 1.807) is 6.92 Å². The minimum Gasteiger partial charge on any atom is -0.323 e. The molecule has 1 N–H and O–H groups in total. The number of amides is 1. The van der Waals surface area contributed by atoms with Gasteiger partial charge in [0.2, 0.25) is 5.91 Å². The third-order valence-electron chi connectivity index (χ3n) is 2.90. The van der Waals surface area contributed by atoms with Crippen LogP contribution in [0, 0.1) is 11.6 Å². The smallest absolute Gasteiger partial charge is 0.237 e. The number of anilines is 1. The van der Waals surface area contributed by atoms with Crippen LogP contribution < -0.4 is 5.32 Å². The molecule has 0 fully saturated rings. The first-order chi connectivity index (χ1) is 10.1. The fourth-order valence-corrected chi connectivity index (χ4v) is 2.54. The van der Waals surface area contributed by atoms with Crippen LogP contribution in [0.2, 0.25) is 0 Å². The summed E-state index contributed by atoms with van der Waals surface area (Å²) in [4.78, 5) is 12.0. The van der Waals surface area contributed by atoms with Gasteiger partial charge in [-0.2, -0.15) is 0 Å². The largest absolute Gasteiger partial charge is 0.323 e. The second-order valence-electron chi connectivity index (χ2n) is 4.55. The molecule has 2 rings (SSSR count). The number of hydrogen-bond donors (Lipinski definition) is 1. The van der Waals surface area contributed by atoms with Crippen LogP contribution >= 0.6 is 11.8 Å². The maximum Gasteiger partial charge on any atom is 0.237 e. The molecular weight excluding hydrogens is 292 g/mol. The average Bonchev–Trinajstić information content (AvgIpc) is 2.48. The number of rotatable bonds is 5. The SMILES string of the molecule is C[C@H](SCc1ccccc1)C(=O)Nc1ccc(F)cc1F. The predicted molar refractivity (Wildman–Crippen MR) is 82.2 cm³/mol. The highest BCUT2D eigenvalue weighted by Crippen LogP contribution is 2.20. The zero-order valence-corrected chi connectivity index (χ0v) is 12.3. The number of nitrogens with one attached hydrogen (secondary N) is 1. The van der Waals surface area contributed by atoms with Crippen molar-refractivity contribution in [2.45, 2.75) is 17.9 Å². The molecule has 110 valence electrons. The van der Waals surface area contributed by atoms with E-state index in [0.717, 1.165) is 17.7 Å². The van der Waals surface area contributed by atoms with Crippen molar-refractivity contribution >= 4 is 23.4 Å². The molecule has 2 nitrogen and oxygen atoms in total. The molecule has 0 radical (unpaired) electrons. The van der Waals surface area contributed by atoms with Crippen molar-refractivity contribution in [3.8, 4) is 0 Å². The lowest BCUT2D eigenvalue weighted by molar-refractivity contribution is -0.115. The molecule has 0 aliphatic rings. The summed E-state index contributed by atoms with van der Waals surface area (Å²) in [6, 6.07) is 12.9. The Kier molecular flexibility index (Phi) is 5.33. The maximum atomic E-state index is 13.5. The van der Waals surface area contributed by atoms with Gasteiger partial charge in [-0.05, 0) is 24.6 Å². The second-order valence-corrected chi connectivity index (χ2v) is 5.88. The van der Waals surface area contributed by atoms with E-state index < -0.39 is 11.6 Å². The van der Waals surface area contributed by atoms with Crippen LogP contribution in [0.15, 0.2) is 48.5 Å². The molecule has 0 saturated heterocycles. The van der Waals surface area contributed by atoms with E-state index in [-0.39, 0.29) is 16.8 Å². The lowest BCUT2D eigenvalue weighted by atomic mass is 10.2. The molecule has 2 aromatic carbocycles. The first kappa shape index (κ1) is 15.5. The molecule has 0 unspecified atom stereocenters. The zero-order valence-electron chi connectivity index (χ0n) is 11.5. The average molecular weight is 307 g/mol. The van der Waals surface area contributed by atoms with Crippen molar-refractivity contribution in [3.63, 3.8) is 0 Å². The van der Waals surface area contributed by atoms with Gasteiger partial charge < -0.3 is 5.32 Å². The zero-order chi connectivity index (χ0) is 15.2. The molecule has 0 saturated carbocycles. The monoisotopic (exact) mass is 307 g/mol. The molecule has 0 aliphatic heterocycles. The molecule has 0 heterocycles. The van der Waals surface area contributed by atoms with E-state index in [1.165, 1.54) is 17.8 Å². The number of carbonyl (C=O) groups is 1. The van der Waals surface area contributed by atoms with Crippen molar-refractivity contribution in [2.24, 2.45) is 0 Å². The standard InChI is InChI=1S/C16H15F2NOS/c1-11(21-10-12-5-3-2-4-6-12)16(20)19-15-8-7-13(17)9-14(15)18/h2-9,11H,10H2,1H3,(H,19,20)/t11-/m0/s1. The van der Waals surface area contributed by atoms with Gasteiger partial charge in [0.25, 0.3) is 0 Å². The van der Waals surface area contributed by atoms with Gasteiger partial charge in [0.1, 0.15) is 11.6 Å². The predicted octanol–water partition coefficient (Wildman–Crippen LogP) is 4.23. The third-order valence-corrected chi connectivity index (χ3v) is 4.12. The number of halogens is 2. The maximum absolute atomic E-state index is 13.5. The van der Waals surface area contributed by atoms with Gasteiger partial charge in [-0.3, -0.25) is 4.79 Å². The van der Waals surface area contributed by atoms with Gasteiger partial charge >= 0.3 is 0 Å². The molecule has 0 aromatic heterocycles. The van der Waals surface area contributed by atoms with Crippen LogP contribution in [-0.4, -0.2) is 11.2 Å². The van der Waals surface area contributed by atoms with Crippen LogP contribution in [-0.2, 0) is 10.5 Å². The fraction of sp³-hybridized carbons (Fsp3) is 0.188. The minimum absolute atomic E-state index is 0.00596. The van der Waals surface area contributed by atoms with E-state index in [2.05, 4.69) is 5.32 Å². The van der Waals surface area contributed by atoms with Crippen molar-refractivity contribution in [3.05, 3.63) is 65.7 Å². The highest BCUT2D eigenvalue weighted by Gasteiger charge is 2.15. The molecule has 1 amide bonds. The Morgan fingerprint density at radius 2 is 1.90 bits per heavy atom. The summed E-state index contributed by atoms with van der Waals surface area (Å²) >= 11 is 1.46. The van der Waals surface area contributed by atoms with Gasteiger partial charge in [-0.1, -0.05) is 30.3 Å². The van der Waals surface area contributed by atoms with Gasteiger partial charge in [-0.25, -0.2) is 8.78 Å². The molecule has 21 heavy (non-hydrogen) atoms. The molecule has 0 spiro atoms. The first-order valence-electron chi connectivity index (χ1n) is 6.47. The van der Waals surface area contributed by atoms with Crippen LogP contribution in [0.5, 0.6) is 0 Å². The number of thioether (sulfide) groups is 1. The highest BCUT2D eigenvalue weighted by atomic mass is 32.2. The molecule has 0 aliphatic carbocycles. The summed E-state index contributed by atoms with van der Waals surface area (Å²) in [6.07, 6.45) is 0. The highest BCUT2D eigenvalue weighted by molar-refractivity contribution is 7.99. The van der Waals surface area contributed by atoms with Crippen molar-refractivity contribution < 1.29 is 13.6 Å². The quantitative estimate of drug-likeness (QED) is 0.896. The van der Waals surface area contributed by atoms with E-state index in [4.69, 9.17) is 0 Å². The summed E-state index contributed by atoms with van der Waals surface area (Å²) in [5, 5.41) is 2.13. The Morgan fingerprint density at radius 1 is 1.19 bits per heavy atom. The van der Waals surface area contributed by atoms with Gasteiger partial charge in [0, 0.05) is 11.8 Å². The Hall–Kier alpha value is -1.88. The van der Waals surface area contributed by atoms with E-state index in [9.17, 15) is 13.6 Å². The lowest BCUT2D eigenvalue weighted by Gasteiger charge is -2.12. The van der Waals surface area contributed by atoms with Crippen LogP contribution in [0.1, 0.15) is 12.5 Å². The fourth-order valence-electron chi connectivity index (χ4n) is 1.70. The summed E-state index contributed by atoms with van der Waals surface area (Å²) in [7, 11) is 0. The van der Waals surface area contributed by atoms with Crippen molar-refractivity contribution in [2.75, 3.05) is 5.32 Å².